The standard InChI is InChI=1S/C19H19N3O5S/c1-12-4-9-18(23)16(10-12)20-19(24)17-11-15(21-28(25,26)22(17)2)13-5-7-14(27-3)8-6-13/h4-11,23H,1-3H3,(H,20,24). The Morgan fingerprint density at radius 1 is 1.18 bits per heavy atom. The monoisotopic (exact) mass is 401 g/mol. The smallest absolute Gasteiger partial charge is 0.345 e. The minimum atomic E-state index is -4.08. The van der Waals surface area contributed by atoms with Crippen molar-refractivity contribution in [1.29, 1.82) is 0 Å². The van der Waals surface area contributed by atoms with Crippen molar-refractivity contribution in [1.82, 2.24) is 4.31 Å². The van der Waals surface area contributed by atoms with Gasteiger partial charge in [0.1, 0.15) is 17.2 Å². The maximum Gasteiger partial charge on any atom is 0.345 e. The van der Waals surface area contributed by atoms with E-state index in [9.17, 15) is 18.3 Å². The number of nitrogens with one attached hydrogen (secondary N) is 1. The number of benzene rings is 2. The Bertz CT molecular complexity index is 1090. The number of allylic oxidation sites excluding steroid dienone is 1. The van der Waals surface area contributed by atoms with Gasteiger partial charge in [-0.2, -0.15) is 8.42 Å². The molecular weight excluding hydrogens is 382 g/mol. The Kier molecular flexibility index (Phi) is 5.10. The summed E-state index contributed by atoms with van der Waals surface area (Å²) < 4.78 is 34.5. The molecule has 1 heterocycles. The number of nitrogens with zero attached hydrogens (tertiary/aromatic N) is 2. The Morgan fingerprint density at radius 2 is 1.86 bits per heavy atom. The van der Waals surface area contributed by atoms with Gasteiger partial charge in [-0.1, -0.05) is 6.07 Å². The number of ether oxygens (including phenoxy) is 1. The third-order valence-electron chi connectivity index (χ3n) is 4.19. The van der Waals surface area contributed by atoms with Crippen LogP contribution in [-0.2, 0) is 15.0 Å². The summed E-state index contributed by atoms with van der Waals surface area (Å²) in [5, 5.41) is 12.5. The molecule has 1 amide bonds. The highest BCUT2D eigenvalue weighted by Crippen LogP contribution is 2.26. The van der Waals surface area contributed by atoms with Gasteiger partial charge >= 0.3 is 10.2 Å². The predicted molar refractivity (Wildman–Crippen MR) is 106 cm³/mol. The highest BCUT2D eigenvalue weighted by atomic mass is 32.2. The second-order valence-corrected chi connectivity index (χ2v) is 7.78. The number of amides is 1. The van der Waals surface area contributed by atoms with Gasteiger partial charge in [0.05, 0.1) is 18.5 Å². The molecule has 8 nitrogen and oxygen atoms in total. The molecule has 0 radical (unpaired) electrons. The van der Waals surface area contributed by atoms with Crippen molar-refractivity contribution in [3.05, 3.63) is 65.4 Å². The summed E-state index contributed by atoms with van der Waals surface area (Å²) in [6.45, 7) is 1.81. The number of methoxy groups -OCH3 is 1. The molecule has 0 saturated carbocycles. The van der Waals surface area contributed by atoms with Crippen molar-refractivity contribution < 1.29 is 23.1 Å². The highest BCUT2D eigenvalue weighted by molar-refractivity contribution is 7.88. The lowest BCUT2D eigenvalue weighted by atomic mass is 10.1. The normalized spacial score (nSPS) is 15.5. The summed E-state index contributed by atoms with van der Waals surface area (Å²) in [4.78, 5) is 12.7. The first-order chi connectivity index (χ1) is 13.2. The summed E-state index contributed by atoms with van der Waals surface area (Å²) in [7, 11) is -1.32. The average Bonchev–Trinajstić information content (AvgIpc) is 2.66. The second kappa shape index (κ2) is 7.35. The molecule has 3 rings (SSSR count). The van der Waals surface area contributed by atoms with Crippen LogP contribution in [0, 0.1) is 6.92 Å². The first kappa shape index (κ1) is 19.4. The van der Waals surface area contributed by atoms with Crippen molar-refractivity contribution in [3.63, 3.8) is 0 Å². The minimum absolute atomic E-state index is 0.120. The van der Waals surface area contributed by atoms with E-state index in [2.05, 4.69) is 9.71 Å². The van der Waals surface area contributed by atoms with Crippen molar-refractivity contribution in [2.75, 3.05) is 19.5 Å². The van der Waals surface area contributed by atoms with Crippen LogP contribution < -0.4 is 10.1 Å². The second-order valence-electron chi connectivity index (χ2n) is 6.15. The molecule has 0 aliphatic carbocycles. The van der Waals surface area contributed by atoms with E-state index >= 15 is 0 Å². The molecule has 0 aromatic heterocycles. The SMILES string of the molecule is COc1ccc(C2=NS(=O)(=O)N(C)C(C(=O)Nc3cc(C)ccc3O)=C2)cc1. The first-order valence-corrected chi connectivity index (χ1v) is 9.67. The van der Waals surface area contributed by atoms with Crippen LogP contribution in [0.15, 0.2) is 58.6 Å². The highest BCUT2D eigenvalue weighted by Gasteiger charge is 2.30. The lowest BCUT2D eigenvalue weighted by molar-refractivity contribution is -0.113. The molecule has 0 bridgehead atoms. The average molecular weight is 401 g/mol. The summed E-state index contributed by atoms with van der Waals surface area (Å²) in [5.41, 5.74) is 1.53. The number of anilines is 1. The van der Waals surface area contributed by atoms with Crippen LogP contribution in [0.2, 0.25) is 0 Å². The molecule has 0 fully saturated rings. The van der Waals surface area contributed by atoms with E-state index in [0.717, 1.165) is 9.87 Å². The molecular formula is C19H19N3O5S. The molecule has 1 aliphatic heterocycles. The van der Waals surface area contributed by atoms with Crippen LogP contribution >= 0.6 is 0 Å². The number of phenols is 1. The number of carbonyl (C=O) groups is 1. The maximum atomic E-state index is 12.7. The minimum Gasteiger partial charge on any atom is -0.506 e. The Labute approximate surface area is 163 Å². The fourth-order valence-corrected chi connectivity index (χ4v) is 3.51. The molecule has 28 heavy (non-hydrogen) atoms. The van der Waals surface area contributed by atoms with E-state index in [1.165, 1.54) is 26.3 Å². The lowest BCUT2D eigenvalue weighted by Gasteiger charge is -2.23. The van der Waals surface area contributed by atoms with Gasteiger partial charge in [-0.15, -0.1) is 4.40 Å². The van der Waals surface area contributed by atoms with Gasteiger partial charge in [-0.25, -0.2) is 4.31 Å². The summed E-state index contributed by atoms with van der Waals surface area (Å²) in [6.07, 6.45) is 1.38. The van der Waals surface area contributed by atoms with Gasteiger partial charge < -0.3 is 15.2 Å². The predicted octanol–water partition coefficient (Wildman–Crippen LogP) is 2.21. The maximum absolute atomic E-state index is 12.7. The molecule has 2 N–H and O–H groups in total. The van der Waals surface area contributed by atoms with Crippen LogP contribution in [0.3, 0.4) is 0 Å². The number of aromatic hydroxyl groups is 1. The fourth-order valence-electron chi connectivity index (χ4n) is 2.60. The van der Waals surface area contributed by atoms with Gasteiger partial charge in [0.2, 0.25) is 0 Å². The van der Waals surface area contributed by atoms with Crippen molar-refractivity contribution in [3.8, 4) is 11.5 Å². The number of hydrogen-bond acceptors (Lipinski definition) is 5. The zero-order valence-electron chi connectivity index (χ0n) is 15.5. The van der Waals surface area contributed by atoms with E-state index < -0.39 is 16.1 Å². The van der Waals surface area contributed by atoms with Gasteiger partial charge in [0, 0.05) is 12.6 Å². The van der Waals surface area contributed by atoms with Crippen LogP contribution in [-0.4, -0.2) is 43.6 Å². The molecule has 0 spiro atoms. The largest absolute Gasteiger partial charge is 0.506 e. The molecule has 0 unspecified atom stereocenters. The topological polar surface area (TPSA) is 108 Å². The number of rotatable bonds is 4. The molecule has 2 aromatic carbocycles. The Balaban J connectivity index is 1.98. The third-order valence-corrected chi connectivity index (χ3v) is 5.51. The summed E-state index contributed by atoms with van der Waals surface area (Å²) >= 11 is 0. The van der Waals surface area contributed by atoms with Gasteiger partial charge in [0.15, 0.2) is 0 Å². The molecule has 2 aromatic rings. The Hall–Kier alpha value is -3.33. The van der Waals surface area contributed by atoms with E-state index in [1.807, 2.05) is 0 Å². The zero-order valence-corrected chi connectivity index (χ0v) is 16.3. The number of aryl methyl sites for hydroxylation is 1. The molecule has 9 heteroatoms. The van der Waals surface area contributed by atoms with Gasteiger partial charge in [-0.05, 0) is 55.0 Å². The quantitative estimate of drug-likeness (QED) is 0.764. The van der Waals surface area contributed by atoms with Crippen molar-refractivity contribution in [2.45, 2.75) is 6.92 Å². The first-order valence-electron chi connectivity index (χ1n) is 8.27. The van der Waals surface area contributed by atoms with Gasteiger partial charge in [-0.3, -0.25) is 4.79 Å². The van der Waals surface area contributed by atoms with Crippen LogP contribution in [0.1, 0.15) is 11.1 Å². The summed E-state index contributed by atoms with van der Waals surface area (Å²) in [5.74, 6) is -0.199. The summed E-state index contributed by atoms with van der Waals surface area (Å²) in [6, 6.07) is 11.4. The van der Waals surface area contributed by atoms with Crippen LogP contribution in [0.5, 0.6) is 11.5 Å². The van der Waals surface area contributed by atoms with Crippen molar-refractivity contribution in [2.24, 2.45) is 4.40 Å². The molecule has 0 saturated heterocycles. The molecule has 1 aliphatic rings. The number of carbonyl (C=O) groups excluding carboxylic acids is 1. The van der Waals surface area contributed by atoms with E-state index in [0.29, 0.717) is 11.3 Å². The fraction of sp³-hybridized carbons (Fsp3) is 0.158. The van der Waals surface area contributed by atoms with Crippen LogP contribution in [0.25, 0.3) is 0 Å². The zero-order chi connectivity index (χ0) is 20.5. The van der Waals surface area contributed by atoms with E-state index in [4.69, 9.17) is 4.74 Å². The molecule has 0 atom stereocenters. The van der Waals surface area contributed by atoms with Crippen LogP contribution in [0.4, 0.5) is 5.69 Å². The van der Waals surface area contributed by atoms with E-state index in [-0.39, 0.29) is 22.8 Å². The Morgan fingerprint density at radius 3 is 2.50 bits per heavy atom. The number of phenolic OH excluding ortho intramolecular Hbond substituents is 1. The number of likely N-dealkylation sites (N-methyl/N-ethyl adjacent to an activating group) is 1. The third kappa shape index (κ3) is 3.84. The van der Waals surface area contributed by atoms with Crippen molar-refractivity contribution >= 4 is 27.5 Å². The molecule has 146 valence electrons. The van der Waals surface area contributed by atoms with Gasteiger partial charge in [0.25, 0.3) is 5.91 Å². The van der Waals surface area contributed by atoms with E-state index in [1.54, 1.807) is 43.3 Å². The number of hydrogen-bond donors (Lipinski definition) is 2. The lowest BCUT2D eigenvalue weighted by Crippen LogP contribution is -2.35.